The van der Waals surface area contributed by atoms with E-state index >= 15 is 0 Å². The van der Waals surface area contributed by atoms with Crippen molar-refractivity contribution in [1.29, 1.82) is 0 Å². The lowest BCUT2D eigenvalue weighted by molar-refractivity contribution is 0.629. The van der Waals surface area contributed by atoms with Crippen LogP contribution in [-0.4, -0.2) is 9.97 Å². The first-order valence-electron chi connectivity index (χ1n) is 10.3. The van der Waals surface area contributed by atoms with E-state index in [0.29, 0.717) is 0 Å². The number of halogens is 2. The summed E-state index contributed by atoms with van der Waals surface area (Å²) in [6.07, 6.45) is 0. The maximum Gasteiger partial charge on any atom is 0.123 e. The molecule has 6 rings (SSSR count). The summed E-state index contributed by atoms with van der Waals surface area (Å²) < 4.78 is 26.1. The van der Waals surface area contributed by atoms with E-state index in [4.69, 9.17) is 0 Å². The first kappa shape index (κ1) is 22.0. The molecule has 0 unspecified atom stereocenters. The summed E-state index contributed by atoms with van der Waals surface area (Å²) in [5, 5.41) is 1.80. The molecule has 2 heterocycles. The van der Waals surface area contributed by atoms with Crippen LogP contribution in [0.4, 0.5) is 8.78 Å². The number of aromatic amines is 2. The van der Waals surface area contributed by atoms with Gasteiger partial charge in [0, 0.05) is 33.2 Å². The standard InChI is InChI=1S/2C14H10FN.CH4/c2*15-12-6-7-13-11(8-12)9-14(16-13)10-4-2-1-3-5-10;/h2*1-9,16H;1H4. The van der Waals surface area contributed by atoms with Crippen molar-refractivity contribution in [2.75, 3.05) is 0 Å². The van der Waals surface area contributed by atoms with Gasteiger partial charge in [0.2, 0.25) is 0 Å². The van der Waals surface area contributed by atoms with E-state index in [-0.39, 0.29) is 19.1 Å². The summed E-state index contributed by atoms with van der Waals surface area (Å²) in [7, 11) is 0. The summed E-state index contributed by atoms with van der Waals surface area (Å²) >= 11 is 0. The van der Waals surface area contributed by atoms with Crippen LogP contribution < -0.4 is 0 Å². The second kappa shape index (κ2) is 9.53. The highest BCUT2D eigenvalue weighted by Crippen LogP contribution is 2.25. The van der Waals surface area contributed by atoms with Crippen LogP contribution in [0.25, 0.3) is 44.3 Å². The van der Waals surface area contributed by atoms with Crippen LogP contribution in [0.5, 0.6) is 0 Å². The second-order valence-corrected chi connectivity index (χ2v) is 7.56. The molecule has 0 spiro atoms. The Balaban J connectivity index is 0.000000152. The monoisotopic (exact) mass is 438 g/mol. The molecule has 0 bridgehead atoms. The molecule has 0 aliphatic rings. The largest absolute Gasteiger partial charge is 0.355 e. The Morgan fingerprint density at radius 3 is 1.24 bits per heavy atom. The highest BCUT2D eigenvalue weighted by atomic mass is 19.1. The molecule has 0 fully saturated rings. The Hall–Kier alpha value is -4.18. The Labute approximate surface area is 191 Å². The Morgan fingerprint density at radius 1 is 0.455 bits per heavy atom. The first-order chi connectivity index (χ1) is 15.7. The van der Waals surface area contributed by atoms with Gasteiger partial charge in [0.1, 0.15) is 11.6 Å². The quantitative estimate of drug-likeness (QED) is 0.271. The normalized spacial score (nSPS) is 10.5. The zero-order chi connectivity index (χ0) is 21.9. The first-order valence-corrected chi connectivity index (χ1v) is 10.3. The van der Waals surface area contributed by atoms with E-state index in [0.717, 1.165) is 44.3 Å². The average Bonchev–Trinajstić information content (AvgIpc) is 3.44. The minimum absolute atomic E-state index is 0. The predicted molar refractivity (Wildman–Crippen MR) is 134 cm³/mol. The molecule has 0 radical (unpaired) electrons. The molecule has 6 aromatic rings. The van der Waals surface area contributed by atoms with Gasteiger partial charge in [0.15, 0.2) is 0 Å². The van der Waals surface area contributed by atoms with Crippen molar-refractivity contribution >= 4 is 21.8 Å². The highest BCUT2D eigenvalue weighted by molar-refractivity contribution is 5.86. The number of hydrogen-bond acceptors (Lipinski definition) is 0. The minimum atomic E-state index is -0.203. The third-order valence-corrected chi connectivity index (χ3v) is 5.34. The fourth-order valence-electron chi connectivity index (χ4n) is 3.75. The molecule has 164 valence electrons. The summed E-state index contributed by atoms with van der Waals surface area (Å²) in [6.45, 7) is 0. The van der Waals surface area contributed by atoms with E-state index in [1.54, 1.807) is 12.1 Å². The number of H-pyrrole nitrogens is 2. The average molecular weight is 439 g/mol. The van der Waals surface area contributed by atoms with E-state index in [9.17, 15) is 8.78 Å². The van der Waals surface area contributed by atoms with Crippen LogP contribution in [0.2, 0.25) is 0 Å². The fraction of sp³-hybridized carbons (Fsp3) is 0.0345. The van der Waals surface area contributed by atoms with Crippen molar-refractivity contribution in [3.05, 3.63) is 121 Å². The van der Waals surface area contributed by atoms with E-state index in [1.165, 1.54) is 24.3 Å². The van der Waals surface area contributed by atoms with Crippen LogP contribution in [0, 0.1) is 11.6 Å². The molecule has 2 N–H and O–H groups in total. The van der Waals surface area contributed by atoms with Crippen LogP contribution in [0.3, 0.4) is 0 Å². The minimum Gasteiger partial charge on any atom is -0.355 e. The lowest BCUT2D eigenvalue weighted by atomic mass is 10.1. The van der Waals surface area contributed by atoms with Gasteiger partial charge >= 0.3 is 0 Å². The third kappa shape index (κ3) is 4.85. The molecule has 0 atom stereocenters. The van der Waals surface area contributed by atoms with Crippen molar-refractivity contribution < 1.29 is 8.78 Å². The number of benzene rings is 4. The molecular weight excluding hydrogens is 414 g/mol. The molecule has 0 aliphatic carbocycles. The Kier molecular flexibility index (Phi) is 6.36. The molecule has 2 aromatic heterocycles. The number of aromatic nitrogens is 2. The third-order valence-electron chi connectivity index (χ3n) is 5.34. The van der Waals surface area contributed by atoms with Gasteiger partial charge in [0.25, 0.3) is 0 Å². The van der Waals surface area contributed by atoms with Gasteiger partial charge in [-0.25, -0.2) is 8.78 Å². The van der Waals surface area contributed by atoms with Crippen molar-refractivity contribution in [2.45, 2.75) is 7.43 Å². The summed E-state index contributed by atoms with van der Waals surface area (Å²) in [6, 6.07) is 33.5. The maximum atomic E-state index is 13.0. The number of nitrogens with one attached hydrogen (secondary N) is 2. The topological polar surface area (TPSA) is 31.6 Å². The van der Waals surface area contributed by atoms with Crippen molar-refractivity contribution in [3.8, 4) is 22.5 Å². The lowest BCUT2D eigenvalue weighted by Gasteiger charge is -1.94. The molecule has 0 aliphatic heterocycles. The van der Waals surface area contributed by atoms with Crippen LogP contribution >= 0.6 is 0 Å². The molecule has 0 saturated heterocycles. The number of fused-ring (bicyclic) bond motifs is 2. The van der Waals surface area contributed by atoms with E-state index < -0.39 is 0 Å². The van der Waals surface area contributed by atoms with Gasteiger partial charge in [-0.15, -0.1) is 0 Å². The second-order valence-electron chi connectivity index (χ2n) is 7.56. The van der Waals surface area contributed by atoms with Crippen molar-refractivity contribution in [2.24, 2.45) is 0 Å². The number of rotatable bonds is 2. The predicted octanol–water partition coefficient (Wildman–Crippen LogP) is 8.58. The zero-order valence-corrected chi connectivity index (χ0v) is 17.1. The fourth-order valence-corrected chi connectivity index (χ4v) is 3.75. The van der Waals surface area contributed by atoms with E-state index in [1.807, 2.05) is 72.8 Å². The van der Waals surface area contributed by atoms with Crippen LogP contribution in [0.15, 0.2) is 109 Å². The lowest BCUT2D eigenvalue weighted by Crippen LogP contribution is -1.74. The summed E-state index contributed by atoms with van der Waals surface area (Å²) in [5.41, 5.74) is 6.17. The molecule has 0 amide bonds. The Morgan fingerprint density at radius 2 is 0.848 bits per heavy atom. The van der Waals surface area contributed by atoms with Crippen molar-refractivity contribution in [3.63, 3.8) is 0 Å². The number of hydrogen-bond donors (Lipinski definition) is 2. The molecule has 2 nitrogen and oxygen atoms in total. The molecule has 0 saturated carbocycles. The van der Waals surface area contributed by atoms with Gasteiger partial charge < -0.3 is 9.97 Å². The Bertz CT molecular complexity index is 1370. The SMILES string of the molecule is C.Fc1ccc2[nH]c(-c3ccccc3)cc2c1.Fc1ccc2[nH]c(-c3ccccc3)cc2c1. The maximum absolute atomic E-state index is 13.0. The zero-order valence-electron chi connectivity index (χ0n) is 17.1. The van der Waals surface area contributed by atoms with Gasteiger partial charge in [-0.2, -0.15) is 0 Å². The van der Waals surface area contributed by atoms with Gasteiger partial charge in [-0.1, -0.05) is 68.1 Å². The van der Waals surface area contributed by atoms with Gasteiger partial charge in [-0.05, 0) is 59.7 Å². The molecule has 33 heavy (non-hydrogen) atoms. The molecular formula is C29H24F2N2. The smallest absolute Gasteiger partial charge is 0.123 e. The van der Waals surface area contributed by atoms with Crippen molar-refractivity contribution in [1.82, 2.24) is 9.97 Å². The van der Waals surface area contributed by atoms with Crippen LogP contribution in [0.1, 0.15) is 7.43 Å². The van der Waals surface area contributed by atoms with Gasteiger partial charge in [-0.3, -0.25) is 0 Å². The van der Waals surface area contributed by atoms with E-state index in [2.05, 4.69) is 9.97 Å². The van der Waals surface area contributed by atoms with Gasteiger partial charge in [0.05, 0.1) is 0 Å². The highest BCUT2D eigenvalue weighted by Gasteiger charge is 2.04. The van der Waals surface area contributed by atoms with Crippen LogP contribution in [-0.2, 0) is 0 Å². The molecule has 4 heteroatoms. The molecule has 4 aromatic carbocycles. The summed E-state index contributed by atoms with van der Waals surface area (Å²) in [5.74, 6) is -0.405. The summed E-state index contributed by atoms with van der Waals surface area (Å²) in [4.78, 5) is 6.54.